The van der Waals surface area contributed by atoms with E-state index in [1.165, 1.54) is 18.6 Å². The van der Waals surface area contributed by atoms with Gasteiger partial charge >= 0.3 is 0 Å². The van der Waals surface area contributed by atoms with Crippen LogP contribution in [0.1, 0.15) is 62.7 Å². The summed E-state index contributed by atoms with van der Waals surface area (Å²) < 4.78 is 27.6. The van der Waals surface area contributed by atoms with Crippen LogP contribution in [0.2, 0.25) is 0 Å². The van der Waals surface area contributed by atoms with Crippen molar-refractivity contribution in [2.45, 2.75) is 69.4 Å². The molecular formula is C17H26N2O3S. The second-order valence-electron chi connectivity index (χ2n) is 6.26. The van der Waals surface area contributed by atoms with Crippen molar-refractivity contribution < 1.29 is 13.2 Å². The third kappa shape index (κ3) is 5.04. The first-order valence-corrected chi connectivity index (χ1v) is 9.84. The lowest BCUT2D eigenvalue weighted by atomic mass is 9.96. The Labute approximate surface area is 138 Å². The number of rotatable bonds is 6. The second kappa shape index (κ2) is 7.93. The van der Waals surface area contributed by atoms with E-state index in [-0.39, 0.29) is 22.9 Å². The fraction of sp³-hybridized carbons (Fsp3) is 0.588. The summed E-state index contributed by atoms with van der Waals surface area (Å²) in [6, 6.07) is 6.24. The Morgan fingerprint density at radius 3 is 2.35 bits per heavy atom. The summed E-state index contributed by atoms with van der Waals surface area (Å²) in [7, 11) is -3.51. The van der Waals surface area contributed by atoms with Gasteiger partial charge in [0, 0.05) is 17.6 Å². The van der Waals surface area contributed by atoms with Gasteiger partial charge in [-0.15, -0.1) is 0 Å². The SMILES string of the molecule is CCC(C)NC(=O)c1ccc(S(=O)(=O)NC2CCCCC2)cc1. The first-order valence-electron chi connectivity index (χ1n) is 8.35. The van der Waals surface area contributed by atoms with Gasteiger partial charge in [0.25, 0.3) is 5.91 Å². The molecule has 0 aromatic heterocycles. The van der Waals surface area contributed by atoms with Crippen LogP contribution in [0.5, 0.6) is 0 Å². The maximum absolute atomic E-state index is 12.4. The molecule has 0 saturated heterocycles. The first-order chi connectivity index (χ1) is 10.9. The molecule has 1 aliphatic carbocycles. The quantitative estimate of drug-likeness (QED) is 0.837. The van der Waals surface area contributed by atoms with Crippen molar-refractivity contribution in [1.82, 2.24) is 10.0 Å². The highest BCUT2D eigenvalue weighted by atomic mass is 32.2. The highest BCUT2D eigenvalue weighted by Crippen LogP contribution is 2.20. The molecule has 0 radical (unpaired) electrons. The van der Waals surface area contributed by atoms with Crippen molar-refractivity contribution in [3.8, 4) is 0 Å². The molecular weight excluding hydrogens is 312 g/mol. The summed E-state index contributed by atoms with van der Waals surface area (Å²) in [4.78, 5) is 12.2. The number of hydrogen-bond acceptors (Lipinski definition) is 3. The van der Waals surface area contributed by atoms with Gasteiger partial charge in [-0.05, 0) is 50.5 Å². The molecule has 1 aromatic carbocycles. The number of sulfonamides is 1. The molecule has 0 spiro atoms. The Bertz CT molecular complexity index is 620. The Morgan fingerprint density at radius 1 is 1.17 bits per heavy atom. The van der Waals surface area contributed by atoms with Crippen molar-refractivity contribution >= 4 is 15.9 Å². The summed E-state index contributed by atoms with van der Waals surface area (Å²) in [6.07, 6.45) is 5.97. The van der Waals surface area contributed by atoms with E-state index in [9.17, 15) is 13.2 Å². The standard InChI is InChI=1S/C17H26N2O3S/c1-3-13(2)18-17(20)14-9-11-16(12-10-14)23(21,22)19-15-7-5-4-6-8-15/h9-13,15,19H,3-8H2,1-2H3,(H,18,20). The molecule has 0 bridgehead atoms. The predicted octanol–water partition coefficient (Wildman–Crippen LogP) is 2.83. The molecule has 1 unspecified atom stereocenters. The maximum atomic E-state index is 12.4. The first kappa shape index (κ1) is 17.9. The van der Waals surface area contributed by atoms with E-state index in [4.69, 9.17) is 0 Å². The second-order valence-corrected chi connectivity index (χ2v) is 7.98. The van der Waals surface area contributed by atoms with Gasteiger partial charge in [-0.3, -0.25) is 4.79 Å². The molecule has 1 aromatic rings. The van der Waals surface area contributed by atoms with Gasteiger partial charge in [-0.1, -0.05) is 26.2 Å². The van der Waals surface area contributed by atoms with Crippen LogP contribution in [0.3, 0.4) is 0 Å². The molecule has 2 N–H and O–H groups in total. The van der Waals surface area contributed by atoms with Crippen LogP contribution in [-0.4, -0.2) is 26.4 Å². The Hall–Kier alpha value is -1.40. The van der Waals surface area contributed by atoms with E-state index in [0.717, 1.165) is 32.1 Å². The largest absolute Gasteiger partial charge is 0.350 e. The third-order valence-corrected chi connectivity index (χ3v) is 5.88. The Morgan fingerprint density at radius 2 is 1.78 bits per heavy atom. The smallest absolute Gasteiger partial charge is 0.251 e. The van der Waals surface area contributed by atoms with Crippen LogP contribution in [0.25, 0.3) is 0 Å². The van der Waals surface area contributed by atoms with Crippen LogP contribution in [0.4, 0.5) is 0 Å². The third-order valence-electron chi connectivity index (χ3n) is 4.34. The van der Waals surface area contributed by atoms with Crippen LogP contribution in [0.15, 0.2) is 29.2 Å². The molecule has 1 saturated carbocycles. The lowest BCUT2D eigenvalue weighted by Crippen LogP contribution is -2.36. The van der Waals surface area contributed by atoms with Crippen molar-refractivity contribution in [1.29, 1.82) is 0 Å². The maximum Gasteiger partial charge on any atom is 0.251 e. The van der Waals surface area contributed by atoms with Crippen molar-refractivity contribution in [3.63, 3.8) is 0 Å². The lowest BCUT2D eigenvalue weighted by Gasteiger charge is -2.22. The zero-order valence-corrected chi connectivity index (χ0v) is 14.7. The van der Waals surface area contributed by atoms with Crippen molar-refractivity contribution in [2.75, 3.05) is 0 Å². The number of nitrogens with one attached hydrogen (secondary N) is 2. The zero-order chi connectivity index (χ0) is 16.9. The lowest BCUT2D eigenvalue weighted by molar-refractivity contribution is 0.0939. The molecule has 1 atom stereocenters. The zero-order valence-electron chi connectivity index (χ0n) is 13.8. The molecule has 128 valence electrons. The fourth-order valence-electron chi connectivity index (χ4n) is 2.70. The van der Waals surface area contributed by atoms with E-state index in [1.54, 1.807) is 12.1 Å². The predicted molar refractivity (Wildman–Crippen MR) is 90.9 cm³/mol. The summed E-state index contributed by atoms with van der Waals surface area (Å²) >= 11 is 0. The van der Waals surface area contributed by atoms with E-state index < -0.39 is 10.0 Å². The van der Waals surface area contributed by atoms with E-state index in [2.05, 4.69) is 10.0 Å². The molecule has 1 aliphatic rings. The minimum absolute atomic E-state index is 0.0297. The molecule has 5 nitrogen and oxygen atoms in total. The minimum atomic E-state index is -3.51. The molecule has 1 fully saturated rings. The van der Waals surface area contributed by atoms with Gasteiger partial charge in [0.1, 0.15) is 0 Å². The average molecular weight is 338 g/mol. The molecule has 2 rings (SSSR count). The van der Waals surface area contributed by atoms with Crippen LogP contribution in [-0.2, 0) is 10.0 Å². The van der Waals surface area contributed by atoms with Crippen molar-refractivity contribution in [3.05, 3.63) is 29.8 Å². The molecule has 0 heterocycles. The summed E-state index contributed by atoms with van der Waals surface area (Å²) in [5.41, 5.74) is 0.474. The monoisotopic (exact) mass is 338 g/mol. The van der Waals surface area contributed by atoms with Crippen LogP contribution in [0, 0.1) is 0 Å². The van der Waals surface area contributed by atoms with Crippen LogP contribution >= 0.6 is 0 Å². The molecule has 23 heavy (non-hydrogen) atoms. The fourth-order valence-corrected chi connectivity index (χ4v) is 4.01. The minimum Gasteiger partial charge on any atom is -0.350 e. The molecule has 0 aliphatic heterocycles. The van der Waals surface area contributed by atoms with Gasteiger partial charge in [0.05, 0.1) is 4.90 Å². The summed E-state index contributed by atoms with van der Waals surface area (Å²) in [5.74, 6) is -0.177. The van der Waals surface area contributed by atoms with E-state index in [0.29, 0.717) is 5.56 Å². The number of hydrogen-bond donors (Lipinski definition) is 2. The van der Waals surface area contributed by atoms with Gasteiger partial charge in [0.2, 0.25) is 10.0 Å². The summed E-state index contributed by atoms with van der Waals surface area (Å²) in [5, 5.41) is 2.87. The number of carbonyl (C=O) groups is 1. The van der Waals surface area contributed by atoms with Gasteiger partial charge in [-0.2, -0.15) is 0 Å². The number of amides is 1. The number of benzene rings is 1. The topological polar surface area (TPSA) is 75.3 Å². The van der Waals surface area contributed by atoms with Gasteiger partial charge < -0.3 is 5.32 Å². The Kier molecular flexibility index (Phi) is 6.18. The highest BCUT2D eigenvalue weighted by molar-refractivity contribution is 7.89. The van der Waals surface area contributed by atoms with Gasteiger partial charge in [0.15, 0.2) is 0 Å². The molecule has 1 amide bonds. The average Bonchev–Trinajstić information content (AvgIpc) is 2.55. The Balaban J connectivity index is 2.04. The van der Waals surface area contributed by atoms with E-state index in [1.807, 2.05) is 13.8 Å². The van der Waals surface area contributed by atoms with E-state index >= 15 is 0 Å². The van der Waals surface area contributed by atoms with Gasteiger partial charge in [-0.25, -0.2) is 13.1 Å². The molecule has 6 heteroatoms. The summed E-state index contributed by atoms with van der Waals surface area (Å²) in [6.45, 7) is 3.93. The van der Waals surface area contributed by atoms with Crippen molar-refractivity contribution in [2.24, 2.45) is 0 Å². The van der Waals surface area contributed by atoms with Crippen LogP contribution < -0.4 is 10.0 Å². The number of carbonyl (C=O) groups excluding carboxylic acids is 1. The highest BCUT2D eigenvalue weighted by Gasteiger charge is 2.22. The normalized spacial score (nSPS) is 17.7.